The van der Waals surface area contributed by atoms with Gasteiger partial charge in [0.05, 0.1) is 5.52 Å². The van der Waals surface area contributed by atoms with Crippen molar-refractivity contribution in [3.05, 3.63) is 39.7 Å². The number of fused-ring (bicyclic) bond motifs is 1. The molecular weight excluding hydrogens is 342 g/mol. The fourth-order valence-electron chi connectivity index (χ4n) is 4.96. The van der Waals surface area contributed by atoms with E-state index < -0.39 is 11.4 Å². The van der Waals surface area contributed by atoms with Crippen molar-refractivity contribution < 1.29 is 9.90 Å². The fourth-order valence-corrected chi connectivity index (χ4v) is 4.96. The van der Waals surface area contributed by atoms with E-state index in [0.29, 0.717) is 5.39 Å². The molecule has 1 aromatic heterocycles. The van der Waals surface area contributed by atoms with Crippen molar-refractivity contribution in [2.75, 3.05) is 18.0 Å². The Kier molecular flexibility index (Phi) is 3.19. The predicted molar refractivity (Wildman–Crippen MR) is 105 cm³/mol. The molecule has 1 spiro atoms. The lowest BCUT2D eigenvalue weighted by molar-refractivity contribution is 0.0695. The first kappa shape index (κ1) is 16.8. The zero-order valence-electron chi connectivity index (χ0n) is 15.8. The number of nitrogens with two attached hydrogens (primary N) is 1. The minimum absolute atomic E-state index is 0.144. The Morgan fingerprint density at radius 1 is 1.26 bits per heavy atom. The molecule has 0 amide bonds. The molecule has 1 aromatic carbocycles. The zero-order valence-corrected chi connectivity index (χ0v) is 15.8. The summed E-state index contributed by atoms with van der Waals surface area (Å²) in [5.41, 5.74) is 9.13. The van der Waals surface area contributed by atoms with Gasteiger partial charge in [-0.1, -0.05) is 0 Å². The van der Waals surface area contributed by atoms with Crippen LogP contribution in [0.1, 0.15) is 54.6 Å². The Labute approximate surface area is 157 Å². The first-order chi connectivity index (χ1) is 12.7. The number of aryl methyl sites for hydroxylation is 1. The second-order valence-electron chi connectivity index (χ2n) is 8.98. The molecule has 2 aromatic rings. The lowest BCUT2D eigenvalue weighted by atomic mass is 9.87. The maximum absolute atomic E-state index is 12.7. The van der Waals surface area contributed by atoms with Gasteiger partial charge >= 0.3 is 5.97 Å². The van der Waals surface area contributed by atoms with E-state index in [-0.39, 0.29) is 22.6 Å². The van der Waals surface area contributed by atoms with Crippen LogP contribution in [0.3, 0.4) is 0 Å². The second kappa shape index (κ2) is 5.13. The topological polar surface area (TPSA) is 88.6 Å². The highest BCUT2D eigenvalue weighted by atomic mass is 16.4. The van der Waals surface area contributed by atoms with Gasteiger partial charge in [0.1, 0.15) is 5.56 Å². The normalized spacial score (nSPS) is 26.1. The average molecular weight is 367 g/mol. The number of aromatic carboxylic acids is 1. The SMILES string of the molecule is Cc1c(N2CC(C)(N)C3(CC3)C2)ccc2c(=O)c(C(=O)O)cn(C3CC3)c12. The monoisotopic (exact) mass is 367 g/mol. The smallest absolute Gasteiger partial charge is 0.341 e. The number of aromatic nitrogens is 1. The van der Waals surface area contributed by atoms with E-state index in [1.54, 1.807) is 12.3 Å². The second-order valence-corrected chi connectivity index (χ2v) is 8.98. The predicted octanol–water partition coefficient (Wildman–Crippen LogP) is 2.66. The van der Waals surface area contributed by atoms with E-state index in [4.69, 9.17) is 5.73 Å². The van der Waals surface area contributed by atoms with Gasteiger partial charge < -0.3 is 20.3 Å². The molecule has 1 atom stereocenters. The van der Waals surface area contributed by atoms with Gasteiger partial charge in [-0.05, 0) is 57.2 Å². The number of nitrogens with zero attached hydrogens (tertiary/aromatic N) is 2. The molecule has 27 heavy (non-hydrogen) atoms. The third-order valence-electron chi connectivity index (χ3n) is 7.01. The summed E-state index contributed by atoms with van der Waals surface area (Å²) < 4.78 is 2.02. The van der Waals surface area contributed by atoms with E-state index in [2.05, 4.69) is 11.8 Å². The Balaban J connectivity index is 1.70. The summed E-state index contributed by atoms with van der Waals surface area (Å²) in [5.74, 6) is -1.16. The van der Waals surface area contributed by atoms with Crippen molar-refractivity contribution in [3.63, 3.8) is 0 Å². The zero-order chi connectivity index (χ0) is 19.1. The van der Waals surface area contributed by atoms with Crippen LogP contribution in [0.2, 0.25) is 0 Å². The molecule has 1 saturated heterocycles. The van der Waals surface area contributed by atoms with Crippen LogP contribution in [-0.4, -0.2) is 34.3 Å². The molecule has 2 saturated carbocycles. The van der Waals surface area contributed by atoms with Crippen LogP contribution in [-0.2, 0) is 0 Å². The van der Waals surface area contributed by atoms with Gasteiger partial charge in [-0.15, -0.1) is 0 Å². The molecule has 3 N–H and O–H groups in total. The molecule has 142 valence electrons. The Bertz CT molecular complexity index is 1040. The van der Waals surface area contributed by atoms with E-state index in [0.717, 1.165) is 42.7 Å². The summed E-state index contributed by atoms with van der Waals surface area (Å²) >= 11 is 0. The van der Waals surface area contributed by atoms with E-state index in [1.165, 1.54) is 12.8 Å². The number of anilines is 1. The molecule has 1 aliphatic heterocycles. The first-order valence-electron chi connectivity index (χ1n) is 9.70. The largest absolute Gasteiger partial charge is 0.477 e. The van der Waals surface area contributed by atoms with Crippen LogP contribution in [0.15, 0.2) is 23.1 Å². The Morgan fingerprint density at radius 3 is 2.52 bits per heavy atom. The summed E-state index contributed by atoms with van der Waals surface area (Å²) in [6, 6.07) is 4.06. The lowest BCUT2D eigenvalue weighted by Crippen LogP contribution is -2.45. The highest BCUT2D eigenvalue weighted by Gasteiger charge is 2.60. The summed E-state index contributed by atoms with van der Waals surface area (Å²) in [6.07, 6.45) is 5.94. The van der Waals surface area contributed by atoms with Crippen LogP contribution < -0.4 is 16.1 Å². The van der Waals surface area contributed by atoms with Gasteiger partial charge in [0.25, 0.3) is 0 Å². The van der Waals surface area contributed by atoms with Crippen LogP contribution in [0.25, 0.3) is 10.9 Å². The summed E-state index contributed by atoms with van der Waals surface area (Å²) in [5, 5.41) is 9.93. The highest BCUT2D eigenvalue weighted by Crippen LogP contribution is 2.58. The number of rotatable bonds is 3. The lowest BCUT2D eigenvalue weighted by Gasteiger charge is -2.25. The van der Waals surface area contributed by atoms with Gasteiger partial charge in [0, 0.05) is 47.4 Å². The van der Waals surface area contributed by atoms with Gasteiger partial charge in [0.15, 0.2) is 0 Å². The van der Waals surface area contributed by atoms with E-state index >= 15 is 0 Å². The standard InChI is InChI=1S/C21H25N3O3/c1-12-16(23-10-20(2,22)21(11-23)7-8-21)6-5-14-17(12)24(13-3-4-13)9-15(18(14)25)19(26)27/h5-6,9,13H,3-4,7-8,10-11,22H2,1-2H3,(H,26,27). The summed E-state index contributed by atoms with van der Waals surface area (Å²) in [6.45, 7) is 5.95. The molecule has 1 unspecified atom stereocenters. The van der Waals surface area contributed by atoms with Gasteiger partial charge in [-0.2, -0.15) is 0 Å². The molecule has 0 radical (unpaired) electrons. The Morgan fingerprint density at radius 2 is 1.96 bits per heavy atom. The van der Waals surface area contributed by atoms with E-state index in [9.17, 15) is 14.7 Å². The Hall–Kier alpha value is -2.34. The number of carboxylic acid groups (broad SMARTS) is 1. The van der Waals surface area contributed by atoms with Crippen LogP contribution in [0.5, 0.6) is 0 Å². The van der Waals surface area contributed by atoms with Crippen LogP contribution >= 0.6 is 0 Å². The molecule has 3 aliphatic rings. The van der Waals surface area contributed by atoms with Gasteiger partial charge in [-0.3, -0.25) is 4.79 Å². The number of carbonyl (C=O) groups is 1. The van der Waals surface area contributed by atoms with Crippen molar-refractivity contribution in [3.8, 4) is 0 Å². The molecule has 2 heterocycles. The maximum Gasteiger partial charge on any atom is 0.341 e. The molecule has 0 bridgehead atoms. The molecule has 6 nitrogen and oxygen atoms in total. The first-order valence-corrected chi connectivity index (χ1v) is 9.70. The molecule has 5 rings (SSSR count). The minimum Gasteiger partial charge on any atom is -0.477 e. The minimum atomic E-state index is -1.16. The highest BCUT2D eigenvalue weighted by molar-refractivity contribution is 5.95. The van der Waals surface area contributed by atoms with Crippen molar-refractivity contribution in [1.29, 1.82) is 0 Å². The van der Waals surface area contributed by atoms with Crippen LogP contribution in [0, 0.1) is 12.3 Å². The van der Waals surface area contributed by atoms with Crippen molar-refractivity contribution in [1.82, 2.24) is 4.57 Å². The van der Waals surface area contributed by atoms with Crippen LogP contribution in [0.4, 0.5) is 5.69 Å². The number of hydrogen-bond acceptors (Lipinski definition) is 4. The molecule has 6 heteroatoms. The average Bonchev–Trinajstić information content (AvgIpc) is 3.48. The van der Waals surface area contributed by atoms with Gasteiger partial charge in [-0.25, -0.2) is 4.79 Å². The number of hydrogen-bond donors (Lipinski definition) is 2. The molecule has 3 fully saturated rings. The summed E-state index contributed by atoms with van der Waals surface area (Å²) in [7, 11) is 0. The van der Waals surface area contributed by atoms with Gasteiger partial charge in [0.2, 0.25) is 5.43 Å². The number of pyridine rings is 1. The summed E-state index contributed by atoms with van der Waals surface area (Å²) in [4.78, 5) is 26.6. The molecular formula is C21H25N3O3. The van der Waals surface area contributed by atoms with Crippen molar-refractivity contribution >= 4 is 22.6 Å². The number of benzene rings is 1. The van der Waals surface area contributed by atoms with E-state index in [1.807, 2.05) is 17.6 Å². The van der Waals surface area contributed by atoms with Crippen molar-refractivity contribution in [2.24, 2.45) is 11.1 Å². The number of carboxylic acids is 1. The maximum atomic E-state index is 12.7. The van der Waals surface area contributed by atoms with Crippen molar-refractivity contribution in [2.45, 2.75) is 51.1 Å². The third kappa shape index (κ3) is 2.29. The third-order valence-corrected chi connectivity index (χ3v) is 7.01. The quantitative estimate of drug-likeness (QED) is 0.871. The molecule has 2 aliphatic carbocycles. The fraction of sp³-hybridized carbons (Fsp3) is 0.524.